The molecule has 0 aliphatic carbocycles. The molecule has 0 spiro atoms. The van der Waals surface area contributed by atoms with Crippen molar-refractivity contribution in [1.82, 2.24) is 5.32 Å². The lowest BCUT2D eigenvalue weighted by Crippen LogP contribution is -2.13. The van der Waals surface area contributed by atoms with Crippen molar-refractivity contribution in [3.8, 4) is 23.0 Å². The number of hydrogen-bond acceptors (Lipinski definition) is 5. The Morgan fingerprint density at radius 1 is 1.00 bits per heavy atom. The minimum Gasteiger partial charge on any atom is -0.508 e. The number of phenolic OH excluding ortho intramolecular Hbond substituents is 2. The SMILES string of the molecule is Oc1ccc(CNCc2cccc3c2OCO3)c(O)c1. The molecule has 5 nitrogen and oxygen atoms in total. The van der Waals surface area contributed by atoms with Crippen LogP contribution in [0.4, 0.5) is 0 Å². The molecule has 2 aromatic carbocycles. The van der Waals surface area contributed by atoms with E-state index in [1.807, 2.05) is 18.2 Å². The monoisotopic (exact) mass is 273 g/mol. The van der Waals surface area contributed by atoms with E-state index < -0.39 is 0 Å². The van der Waals surface area contributed by atoms with E-state index in [4.69, 9.17) is 9.47 Å². The molecule has 3 N–H and O–H groups in total. The summed E-state index contributed by atoms with van der Waals surface area (Å²) in [6, 6.07) is 10.3. The average molecular weight is 273 g/mol. The number of para-hydroxylation sites is 1. The highest BCUT2D eigenvalue weighted by atomic mass is 16.7. The molecule has 20 heavy (non-hydrogen) atoms. The summed E-state index contributed by atoms with van der Waals surface area (Å²) in [6.07, 6.45) is 0. The number of rotatable bonds is 4. The van der Waals surface area contributed by atoms with Gasteiger partial charge in [-0.15, -0.1) is 0 Å². The molecular formula is C15H15NO4. The van der Waals surface area contributed by atoms with Gasteiger partial charge in [-0.3, -0.25) is 0 Å². The Labute approximate surface area is 116 Å². The van der Waals surface area contributed by atoms with E-state index in [1.54, 1.807) is 12.1 Å². The number of fused-ring (bicyclic) bond motifs is 1. The van der Waals surface area contributed by atoms with Gasteiger partial charge in [0, 0.05) is 30.3 Å². The van der Waals surface area contributed by atoms with E-state index in [0.29, 0.717) is 13.1 Å². The molecule has 0 unspecified atom stereocenters. The second-order valence-electron chi connectivity index (χ2n) is 4.57. The van der Waals surface area contributed by atoms with Crippen molar-refractivity contribution in [2.45, 2.75) is 13.1 Å². The molecule has 104 valence electrons. The molecule has 3 rings (SSSR count). The Morgan fingerprint density at radius 2 is 1.85 bits per heavy atom. The van der Waals surface area contributed by atoms with Crippen LogP contribution in [0.25, 0.3) is 0 Å². The molecule has 1 aliphatic rings. The molecule has 0 aromatic heterocycles. The minimum atomic E-state index is 0.0534. The first kappa shape index (κ1) is 12.6. The molecular weight excluding hydrogens is 258 g/mol. The number of ether oxygens (including phenoxy) is 2. The van der Waals surface area contributed by atoms with E-state index in [1.165, 1.54) is 6.07 Å². The van der Waals surface area contributed by atoms with Gasteiger partial charge in [0.15, 0.2) is 11.5 Å². The highest BCUT2D eigenvalue weighted by Gasteiger charge is 2.16. The molecule has 0 bridgehead atoms. The van der Waals surface area contributed by atoms with Crippen molar-refractivity contribution in [2.24, 2.45) is 0 Å². The van der Waals surface area contributed by atoms with E-state index >= 15 is 0 Å². The summed E-state index contributed by atoms with van der Waals surface area (Å²) in [5.41, 5.74) is 1.74. The Kier molecular flexibility index (Phi) is 3.35. The summed E-state index contributed by atoms with van der Waals surface area (Å²) >= 11 is 0. The van der Waals surface area contributed by atoms with Crippen molar-refractivity contribution in [2.75, 3.05) is 6.79 Å². The zero-order valence-corrected chi connectivity index (χ0v) is 10.8. The Balaban J connectivity index is 1.64. The first-order chi connectivity index (χ1) is 9.74. The summed E-state index contributed by atoms with van der Waals surface area (Å²) in [4.78, 5) is 0. The van der Waals surface area contributed by atoms with Crippen molar-refractivity contribution >= 4 is 0 Å². The fraction of sp³-hybridized carbons (Fsp3) is 0.200. The van der Waals surface area contributed by atoms with Gasteiger partial charge in [-0.05, 0) is 12.1 Å². The smallest absolute Gasteiger partial charge is 0.231 e. The average Bonchev–Trinajstić information content (AvgIpc) is 2.90. The van der Waals surface area contributed by atoms with Gasteiger partial charge in [0.2, 0.25) is 6.79 Å². The van der Waals surface area contributed by atoms with Crippen molar-refractivity contribution in [3.63, 3.8) is 0 Å². The number of hydrogen-bond donors (Lipinski definition) is 3. The van der Waals surface area contributed by atoms with Crippen LogP contribution in [0.15, 0.2) is 36.4 Å². The predicted molar refractivity (Wildman–Crippen MR) is 72.9 cm³/mol. The highest BCUT2D eigenvalue weighted by molar-refractivity contribution is 5.48. The molecule has 0 atom stereocenters. The molecule has 2 aromatic rings. The summed E-state index contributed by atoms with van der Waals surface area (Å²) in [5, 5.41) is 22.2. The summed E-state index contributed by atoms with van der Waals surface area (Å²) in [7, 11) is 0. The molecule has 0 amide bonds. The standard InChI is InChI=1S/C15H15NO4/c17-12-5-4-10(13(18)6-12)7-16-8-11-2-1-3-14-15(11)20-9-19-14/h1-6,16-18H,7-9H2. The van der Waals surface area contributed by atoms with Crippen LogP contribution < -0.4 is 14.8 Å². The molecule has 0 saturated carbocycles. The largest absolute Gasteiger partial charge is 0.508 e. The van der Waals surface area contributed by atoms with Gasteiger partial charge in [-0.25, -0.2) is 0 Å². The second-order valence-corrected chi connectivity index (χ2v) is 4.57. The highest BCUT2D eigenvalue weighted by Crippen LogP contribution is 2.35. The number of phenols is 2. The van der Waals surface area contributed by atoms with E-state index in [0.717, 1.165) is 22.6 Å². The van der Waals surface area contributed by atoms with Crippen molar-refractivity contribution in [3.05, 3.63) is 47.5 Å². The fourth-order valence-corrected chi connectivity index (χ4v) is 2.16. The molecule has 0 fully saturated rings. The van der Waals surface area contributed by atoms with Gasteiger partial charge >= 0.3 is 0 Å². The topological polar surface area (TPSA) is 71.0 Å². The maximum atomic E-state index is 9.70. The zero-order valence-electron chi connectivity index (χ0n) is 10.8. The summed E-state index contributed by atoms with van der Waals surface area (Å²) in [5.74, 6) is 1.67. The summed E-state index contributed by atoms with van der Waals surface area (Å²) in [6.45, 7) is 1.36. The molecule has 0 saturated heterocycles. The number of nitrogens with one attached hydrogen (secondary N) is 1. The normalized spacial score (nSPS) is 12.6. The van der Waals surface area contributed by atoms with Gasteiger partial charge < -0.3 is 25.0 Å². The third-order valence-electron chi connectivity index (χ3n) is 3.18. The van der Waals surface area contributed by atoms with E-state index in [-0.39, 0.29) is 18.3 Å². The first-order valence-corrected chi connectivity index (χ1v) is 6.33. The third kappa shape index (κ3) is 2.48. The van der Waals surface area contributed by atoms with Gasteiger partial charge in [-0.1, -0.05) is 18.2 Å². The zero-order chi connectivity index (χ0) is 13.9. The minimum absolute atomic E-state index is 0.0534. The lowest BCUT2D eigenvalue weighted by molar-refractivity contribution is 0.173. The Bertz CT molecular complexity index is 627. The van der Waals surface area contributed by atoms with Gasteiger partial charge in [0.1, 0.15) is 11.5 Å². The molecule has 1 heterocycles. The lowest BCUT2D eigenvalue weighted by Gasteiger charge is -2.09. The van der Waals surface area contributed by atoms with E-state index in [2.05, 4.69) is 5.32 Å². The lowest BCUT2D eigenvalue weighted by atomic mass is 10.1. The van der Waals surface area contributed by atoms with Crippen LogP contribution in [-0.2, 0) is 13.1 Å². The molecule has 1 aliphatic heterocycles. The maximum Gasteiger partial charge on any atom is 0.231 e. The quantitative estimate of drug-likeness (QED) is 0.796. The van der Waals surface area contributed by atoms with E-state index in [9.17, 15) is 10.2 Å². The molecule has 5 heteroatoms. The van der Waals surface area contributed by atoms with Crippen LogP contribution in [-0.4, -0.2) is 17.0 Å². The first-order valence-electron chi connectivity index (χ1n) is 6.33. The number of aromatic hydroxyl groups is 2. The summed E-state index contributed by atoms with van der Waals surface area (Å²) < 4.78 is 10.7. The van der Waals surface area contributed by atoms with Crippen molar-refractivity contribution < 1.29 is 19.7 Å². The van der Waals surface area contributed by atoms with Gasteiger partial charge in [0.05, 0.1) is 0 Å². The second kappa shape index (κ2) is 5.30. The van der Waals surface area contributed by atoms with Crippen molar-refractivity contribution in [1.29, 1.82) is 0 Å². The Morgan fingerprint density at radius 3 is 2.70 bits per heavy atom. The van der Waals surface area contributed by atoms with Crippen LogP contribution in [0.5, 0.6) is 23.0 Å². The van der Waals surface area contributed by atoms with Gasteiger partial charge in [0.25, 0.3) is 0 Å². The fourth-order valence-electron chi connectivity index (χ4n) is 2.16. The molecule has 0 radical (unpaired) electrons. The Hall–Kier alpha value is -2.40. The number of benzene rings is 2. The van der Waals surface area contributed by atoms with Crippen LogP contribution in [0.2, 0.25) is 0 Å². The van der Waals surface area contributed by atoms with Crippen LogP contribution in [0.3, 0.4) is 0 Å². The van der Waals surface area contributed by atoms with Crippen LogP contribution >= 0.6 is 0 Å². The maximum absolute atomic E-state index is 9.70. The van der Waals surface area contributed by atoms with Gasteiger partial charge in [-0.2, -0.15) is 0 Å². The predicted octanol–water partition coefficient (Wildman–Crippen LogP) is 2.12. The third-order valence-corrected chi connectivity index (χ3v) is 3.18. The van der Waals surface area contributed by atoms with Crippen LogP contribution in [0.1, 0.15) is 11.1 Å². The van der Waals surface area contributed by atoms with Crippen LogP contribution in [0, 0.1) is 0 Å².